The summed E-state index contributed by atoms with van der Waals surface area (Å²) in [5, 5.41) is 0.566. The molecule has 3 aliphatic carbocycles. The van der Waals surface area contributed by atoms with Gasteiger partial charge in [0.15, 0.2) is 0 Å². The molecule has 0 radical (unpaired) electrons. The second kappa shape index (κ2) is 2.89. The molecule has 18 heavy (non-hydrogen) atoms. The van der Waals surface area contributed by atoms with Crippen LogP contribution in [0.15, 0.2) is 35.9 Å². The van der Waals surface area contributed by atoms with Gasteiger partial charge < -0.3 is 4.90 Å². The SMILES string of the molecule is CC1=CC2C=CC13c1c2ccc(Cl)c1C(=O)N3C. The molecule has 0 saturated carbocycles. The molecule has 1 heterocycles. The van der Waals surface area contributed by atoms with Gasteiger partial charge in [0.1, 0.15) is 5.54 Å². The fraction of sp³-hybridized carbons (Fsp3) is 0.267. The Morgan fingerprint density at radius 3 is 2.89 bits per heavy atom. The summed E-state index contributed by atoms with van der Waals surface area (Å²) < 4.78 is 0. The minimum absolute atomic E-state index is 0.0248. The Bertz CT molecular complexity index is 673. The third-order valence-corrected chi connectivity index (χ3v) is 4.87. The van der Waals surface area contributed by atoms with Crippen LogP contribution in [0.2, 0.25) is 5.02 Å². The molecule has 2 unspecified atom stereocenters. The number of rotatable bonds is 0. The lowest BCUT2D eigenvalue weighted by molar-refractivity contribution is 0.0735. The smallest absolute Gasteiger partial charge is 0.256 e. The van der Waals surface area contributed by atoms with Gasteiger partial charge in [-0.2, -0.15) is 0 Å². The molecule has 4 aliphatic rings. The molecule has 5 rings (SSSR count). The Hall–Kier alpha value is -1.54. The number of benzene rings is 1. The van der Waals surface area contributed by atoms with E-state index in [2.05, 4.69) is 31.2 Å². The molecule has 1 aromatic carbocycles. The van der Waals surface area contributed by atoms with Crippen molar-refractivity contribution in [2.45, 2.75) is 18.4 Å². The zero-order valence-electron chi connectivity index (χ0n) is 10.2. The van der Waals surface area contributed by atoms with E-state index in [1.54, 1.807) is 0 Å². The maximum absolute atomic E-state index is 12.5. The minimum Gasteiger partial charge on any atom is -0.325 e. The van der Waals surface area contributed by atoms with Crippen molar-refractivity contribution in [2.24, 2.45) is 0 Å². The van der Waals surface area contributed by atoms with E-state index in [4.69, 9.17) is 11.6 Å². The first-order chi connectivity index (χ1) is 8.57. The Morgan fingerprint density at radius 2 is 2.17 bits per heavy atom. The van der Waals surface area contributed by atoms with Crippen molar-refractivity contribution in [1.29, 1.82) is 0 Å². The molecular formula is C15H12ClNO. The number of halogens is 1. The van der Waals surface area contributed by atoms with Crippen molar-refractivity contribution in [3.63, 3.8) is 0 Å². The predicted octanol–water partition coefficient (Wildman–Crippen LogP) is 3.23. The summed E-state index contributed by atoms with van der Waals surface area (Å²) in [6, 6.07) is 3.90. The van der Waals surface area contributed by atoms with Gasteiger partial charge in [0, 0.05) is 18.5 Å². The van der Waals surface area contributed by atoms with Gasteiger partial charge in [0.25, 0.3) is 5.91 Å². The van der Waals surface area contributed by atoms with Crippen molar-refractivity contribution in [3.8, 4) is 0 Å². The molecule has 1 aliphatic heterocycles. The number of carbonyl (C=O) groups is 1. The normalized spacial score (nSPS) is 30.8. The first-order valence-corrected chi connectivity index (χ1v) is 6.44. The van der Waals surface area contributed by atoms with E-state index < -0.39 is 0 Å². The highest BCUT2D eigenvalue weighted by Crippen LogP contribution is 2.56. The van der Waals surface area contributed by atoms with Gasteiger partial charge in [-0.1, -0.05) is 35.9 Å². The molecule has 0 saturated heterocycles. The number of allylic oxidation sites excluding steroid dienone is 2. The molecule has 90 valence electrons. The number of carbonyl (C=O) groups excluding carboxylic acids is 1. The summed E-state index contributed by atoms with van der Waals surface area (Å²) in [6.07, 6.45) is 6.58. The van der Waals surface area contributed by atoms with Gasteiger partial charge in [-0.3, -0.25) is 4.79 Å². The standard InChI is InChI=1S/C15H12ClNO/c1-8-7-9-5-6-15(8)13-10(9)3-4-11(16)12(13)14(18)17(15)2/h3-7,9H,1-2H3. The summed E-state index contributed by atoms with van der Waals surface area (Å²) in [7, 11) is 1.86. The van der Waals surface area contributed by atoms with E-state index in [1.807, 2.05) is 18.0 Å². The van der Waals surface area contributed by atoms with Crippen LogP contribution in [-0.2, 0) is 5.54 Å². The van der Waals surface area contributed by atoms with Crippen molar-refractivity contribution >= 4 is 17.5 Å². The van der Waals surface area contributed by atoms with E-state index in [1.165, 1.54) is 11.1 Å². The molecule has 2 bridgehead atoms. The monoisotopic (exact) mass is 257 g/mol. The predicted molar refractivity (Wildman–Crippen MR) is 70.9 cm³/mol. The van der Waals surface area contributed by atoms with Crippen molar-refractivity contribution in [2.75, 3.05) is 7.05 Å². The number of hydrogen-bond acceptors (Lipinski definition) is 1. The third-order valence-electron chi connectivity index (χ3n) is 4.55. The van der Waals surface area contributed by atoms with Gasteiger partial charge >= 0.3 is 0 Å². The average molecular weight is 258 g/mol. The van der Waals surface area contributed by atoms with Crippen LogP contribution in [0.1, 0.15) is 34.3 Å². The van der Waals surface area contributed by atoms with E-state index >= 15 is 0 Å². The zero-order chi connectivity index (χ0) is 12.7. The van der Waals surface area contributed by atoms with Crippen molar-refractivity contribution in [3.05, 3.63) is 57.6 Å². The van der Waals surface area contributed by atoms with E-state index in [0.717, 1.165) is 5.56 Å². The van der Waals surface area contributed by atoms with Crippen LogP contribution < -0.4 is 0 Å². The van der Waals surface area contributed by atoms with Crippen LogP contribution in [0.4, 0.5) is 0 Å². The van der Waals surface area contributed by atoms with E-state index in [9.17, 15) is 4.79 Å². The molecule has 2 atom stereocenters. The molecule has 1 amide bonds. The Balaban J connectivity index is 2.20. The second-order valence-corrected chi connectivity index (χ2v) is 5.66. The maximum Gasteiger partial charge on any atom is 0.256 e. The summed E-state index contributed by atoms with van der Waals surface area (Å²) in [5.74, 6) is 0.314. The fourth-order valence-corrected chi connectivity index (χ4v) is 3.90. The Kier molecular flexibility index (Phi) is 1.67. The second-order valence-electron chi connectivity index (χ2n) is 5.25. The van der Waals surface area contributed by atoms with Crippen molar-refractivity contribution < 1.29 is 4.79 Å². The molecule has 1 spiro atoms. The highest BCUT2D eigenvalue weighted by atomic mass is 35.5. The van der Waals surface area contributed by atoms with Gasteiger partial charge in [-0.15, -0.1) is 0 Å². The highest BCUT2D eigenvalue weighted by molar-refractivity contribution is 6.34. The minimum atomic E-state index is -0.387. The molecule has 0 aromatic heterocycles. The van der Waals surface area contributed by atoms with Crippen LogP contribution in [0.25, 0.3) is 0 Å². The van der Waals surface area contributed by atoms with Crippen LogP contribution >= 0.6 is 11.6 Å². The molecular weight excluding hydrogens is 246 g/mol. The number of nitrogens with zero attached hydrogens (tertiary/aromatic N) is 1. The fourth-order valence-electron chi connectivity index (χ4n) is 3.66. The first-order valence-electron chi connectivity index (χ1n) is 6.06. The molecule has 2 nitrogen and oxygen atoms in total. The third kappa shape index (κ3) is 0.852. The summed E-state index contributed by atoms with van der Waals surface area (Å²) >= 11 is 6.24. The Morgan fingerprint density at radius 1 is 1.39 bits per heavy atom. The van der Waals surface area contributed by atoms with Gasteiger partial charge in [-0.05, 0) is 24.1 Å². The van der Waals surface area contributed by atoms with Crippen LogP contribution in [0.5, 0.6) is 0 Å². The van der Waals surface area contributed by atoms with Crippen molar-refractivity contribution in [1.82, 2.24) is 4.90 Å². The number of amides is 1. The summed E-state index contributed by atoms with van der Waals surface area (Å²) in [6.45, 7) is 2.10. The first kappa shape index (κ1) is 10.4. The summed E-state index contributed by atoms with van der Waals surface area (Å²) in [4.78, 5) is 14.3. The molecule has 0 fully saturated rings. The van der Waals surface area contributed by atoms with Gasteiger partial charge in [0.05, 0.1) is 10.6 Å². The zero-order valence-corrected chi connectivity index (χ0v) is 11.0. The molecule has 3 heteroatoms. The average Bonchev–Trinajstić information content (AvgIpc) is 2.59. The van der Waals surface area contributed by atoms with Crippen LogP contribution in [0.3, 0.4) is 0 Å². The van der Waals surface area contributed by atoms with Gasteiger partial charge in [-0.25, -0.2) is 0 Å². The Labute approximate surface area is 111 Å². The quantitative estimate of drug-likeness (QED) is 0.654. The number of likely N-dealkylation sites (N-methyl/N-ethyl adjacent to an activating group) is 1. The van der Waals surface area contributed by atoms with Gasteiger partial charge in [0.2, 0.25) is 0 Å². The lowest BCUT2D eigenvalue weighted by Crippen LogP contribution is -2.44. The maximum atomic E-state index is 12.5. The lowest BCUT2D eigenvalue weighted by Gasteiger charge is -2.43. The highest BCUT2D eigenvalue weighted by Gasteiger charge is 2.53. The molecule has 0 N–H and O–H groups in total. The largest absolute Gasteiger partial charge is 0.325 e. The lowest BCUT2D eigenvalue weighted by atomic mass is 9.67. The summed E-state index contributed by atoms with van der Waals surface area (Å²) in [5.41, 5.74) is 3.86. The van der Waals surface area contributed by atoms with Crippen LogP contribution in [0, 0.1) is 0 Å². The van der Waals surface area contributed by atoms with E-state index in [0.29, 0.717) is 10.6 Å². The molecule has 1 aromatic rings. The van der Waals surface area contributed by atoms with E-state index in [-0.39, 0.29) is 17.4 Å². The number of hydrogen-bond donors (Lipinski definition) is 0. The topological polar surface area (TPSA) is 20.3 Å². The van der Waals surface area contributed by atoms with Crippen LogP contribution in [-0.4, -0.2) is 17.9 Å².